The Hall–Kier alpha value is -0.845. The van der Waals surface area contributed by atoms with Crippen molar-refractivity contribution in [2.45, 2.75) is 57.1 Å². The molecule has 0 radical (unpaired) electrons. The molecule has 0 aliphatic carbocycles. The van der Waals surface area contributed by atoms with E-state index in [0.717, 1.165) is 17.4 Å². The molecule has 0 bridgehead atoms. The Morgan fingerprint density at radius 2 is 1.57 bits per heavy atom. The van der Waals surface area contributed by atoms with E-state index in [4.69, 9.17) is 9.31 Å². The fourth-order valence-corrected chi connectivity index (χ4v) is 2.94. The summed E-state index contributed by atoms with van der Waals surface area (Å²) >= 11 is 0. The van der Waals surface area contributed by atoms with Crippen LogP contribution < -0.4 is 5.46 Å². The standard InChI is InChI=1S/C15H23BO4S/c1-7-11-8-12(10-13(9-11)21(6,17)18)16-19-14(2,3)15(4,5)20-16/h8-10H,7H2,1-6H3. The molecule has 0 N–H and O–H groups in total. The van der Waals surface area contributed by atoms with Crippen molar-refractivity contribution < 1.29 is 17.7 Å². The molecule has 1 aliphatic rings. The largest absolute Gasteiger partial charge is 0.494 e. The van der Waals surface area contributed by atoms with Gasteiger partial charge in [0, 0.05) is 6.26 Å². The summed E-state index contributed by atoms with van der Waals surface area (Å²) in [6.07, 6.45) is 1.98. The van der Waals surface area contributed by atoms with Crippen LogP contribution >= 0.6 is 0 Å². The molecule has 0 saturated carbocycles. The van der Waals surface area contributed by atoms with Gasteiger partial charge in [0.05, 0.1) is 16.1 Å². The molecule has 0 spiro atoms. The number of rotatable bonds is 3. The topological polar surface area (TPSA) is 52.6 Å². The third-order valence-electron chi connectivity index (χ3n) is 4.35. The molecule has 1 fully saturated rings. The van der Waals surface area contributed by atoms with Gasteiger partial charge in [-0.2, -0.15) is 0 Å². The lowest BCUT2D eigenvalue weighted by atomic mass is 9.78. The summed E-state index contributed by atoms with van der Waals surface area (Å²) < 4.78 is 35.7. The lowest BCUT2D eigenvalue weighted by molar-refractivity contribution is 0.00578. The minimum absolute atomic E-state index is 0.312. The van der Waals surface area contributed by atoms with Crippen LogP contribution in [-0.2, 0) is 25.6 Å². The van der Waals surface area contributed by atoms with Crippen molar-refractivity contribution in [2.75, 3.05) is 6.26 Å². The molecular formula is C15H23BO4S. The smallest absolute Gasteiger partial charge is 0.399 e. The minimum atomic E-state index is -3.26. The monoisotopic (exact) mass is 310 g/mol. The molecule has 6 heteroatoms. The lowest BCUT2D eigenvalue weighted by Gasteiger charge is -2.32. The van der Waals surface area contributed by atoms with Gasteiger partial charge < -0.3 is 9.31 Å². The van der Waals surface area contributed by atoms with Gasteiger partial charge in [-0.15, -0.1) is 0 Å². The maximum Gasteiger partial charge on any atom is 0.494 e. The summed E-state index contributed by atoms with van der Waals surface area (Å²) in [5, 5.41) is 0. The SMILES string of the molecule is CCc1cc(B2OC(C)(C)C(C)(C)O2)cc(S(C)(=O)=O)c1. The Labute approximate surface area is 127 Å². The maximum absolute atomic E-state index is 11.8. The minimum Gasteiger partial charge on any atom is -0.399 e. The quantitative estimate of drug-likeness (QED) is 0.801. The first-order valence-electron chi connectivity index (χ1n) is 7.16. The van der Waals surface area contributed by atoms with E-state index in [1.165, 1.54) is 6.26 Å². The Morgan fingerprint density at radius 1 is 1.05 bits per heavy atom. The van der Waals surface area contributed by atoms with E-state index in [0.29, 0.717) is 4.90 Å². The molecule has 0 aromatic heterocycles. The fourth-order valence-electron chi connectivity index (χ4n) is 2.22. The van der Waals surface area contributed by atoms with Crippen LogP contribution in [0.5, 0.6) is 0 Å². The molecule has 0 amide bonds. The van der Waals surface area contributed by atoms with Crippen LogP contribution in [0.2, 0.25) is 0 Å². The Bertz CT molecular complexity index is 634. The zero-order chi connectivity index (χ0) is 16.1. The highest BCUT2D eigenvalue weighted by atomic mass is 32.2. The molecule has 0 atom stereocenters. The molecule has 1 aliphatic heterocycles. The van der Waals surface area contributed by atoms with Gasteiger partial charge in [0.25, 0.3) is 0 Å². The second kappa shape index (κ2) is 5.11. The first kappa shape index (κ1) is 16.5. The summed E-state index contributed by atoms with van der Waals surface area (Å²) in [5.74, 6) is 0. The molecule has 0 unspecified atom stereocenters. The van der Waals surface area contributed by atoms with E-state index in [1.807, 2.05) is 40.7 Å². The second-order valence-electron chi connectivity index (χ2n) is 6.62. The highest BCUT2D eigenvalue weighted by Gasteiger charge is 2.51. The highest BCUT2D eigenvalue weighted by molar-refractivity contribution is 7.90. The van der Waals surface area contributed by atoms with E-state index < -0.39 is 28.2 Å². The normalized spacial score (nSPS) is 20.8. The maximum atomic E-state index is 11.8. The van der Waals surface area contributed by atoms with Crippen molar-refractivity contribution in [1.82, 2.24) is 0 Å². The van der Waals surface area contributed by atoms with Gasteiger partial charge in [0.2, 0.25) is 0 Å². The van der Waals surface area contributed by atoms with E-state index in [-0.39, 0.29) is 0 Å². The van der Waals surface area contributed by atoms with Crippen LogP contribution in [0.4, 0.5) is 0 Å². The molecule has 1 heterocycles. The summed E-state index contributed by atoms with van der Waals surface area (Å²) in [4.78, 5) is 0.312. The van der Waals surface area contributed by atoms with Gasteiger partial charge in [-0.3, -0.25) is 0 Å². The number of sulfone groups is 1. The zero-order valence-corrected chi connectivity index (χ0v) is 14.4. The van der Waals surface area contributed by atoms with Crippen LogP contribution in [0.25, 0.3) is 0 Å². The number of hydrogen-bond donors (Lipinski definition) is 0. The third kappa shape index (κ3) is 3.17. The average molecular weight is 310 g/mol. The molecule has 1 aromatic carbocycles. The zero-order valence-electron chi connectivity index (χ0n) is 13.6. The van der Waals surface area contributed by atoms with E-state index in [2.05, 4.69) is 0 Å². The first-order chi connectivity index (χ1) is 9.46. The third-order valence-corrected chi connectivity index (χ3v) is 5.44. The van der Waals surface area contributed by atoms with E-state index in [1.54, 1.807) is 12.1 Å². The molecule has 1 saturated heterocycles. The van der Waals surface area contributed by atoms with Gasteiger partial charge >= 0.3 is 7.12 Å². The van der Waals surface area contributed by atoms with Crippen LogP contribution in [0.15, 0.2) is 23.1 Å². The summed E-state index contributed by atoms with van der Waals surface area (Å²) in [6.45, 7) is 9.92. The molecular weight excluding hydrogens is 287 g/mol. The summed E-state index contributed by atoms with van der Waals surface area (Å²) in [7, 11) is -3.80. The molecule has 21 heavy (non-hydrogen) atoms. The van der Waals surface area contributed by atoms with Crippen molar-refractivity contribution >= 4 is 22.4 Å². The van der Waals surface area contributed by atoms with E-state index >= 15 is 0 Å². The van der Waals surface area contributed by atoms with Gasteiger partial charge in [-0.05, 0) is 57.3 Å². The number of aryl methyl sites for hydroxylation is 1. The second-order valence-corrected chi connectivity index (χ2v) is 8.64. The summed E-state index contributed by atoms with van der Waals surface area (Å²) in [6, 6.07) is 5.32. The van der Waals surface area contributed by atoms with Gasteiger partial charge in [0.15, 0.2) is 9.84 Å². The van der Waals surface area contributed by atoms with E-state index in [9.17, 15) is 8.42 Å². The summed E-state index contributed by atoms with van der Waals surface area (Å²) in [5.41, 5.74) is 0.840. The average Bonchev–Trinajstić information content (AvgIpc) is 2.57. The number of hydrogen-bond acceptors (Lipinski definition) is 4. The van der Waals surface area contributed by atoms with Crippen molar-refractivity contribution in [1.29, 1.82) is 0 Å². The van der Waals surface area contributed by atoms with Crippen molar-refractivity contribution in [3.63, 3.8) is 0 Å². The van der Waals surface area contributed by atoms with Crippen LogP contribution in [0, 0.1) is 0 Å². The van der Waals surface area contributed by atoms with Gasteiger partial charge in [-0.1, -0.05) is 13.0 Å². The van der Waals surface area contributed by atoms with Crippen LogP contribution in [0.1, 0.15) is 40.2 Å². The molecule has 1 aromatic rings. The van der Waals surface area contributed by atoms with Crippen LogP contribution in [-0.4, -0.2) is 33.0 Å². The number of benzene rings is 1. The van der Waals surface area contributed by atoms with Crippen molar-refractivity contribution in [3.8, 4) is 0 Å². The van der Waals surface area contributed by atoms with Crippen molar-refractivity contribution in [2.24, 2.45) is 0 Å². The molecule has 4 nitrogen and oxygen atoms in total. The first-order valence-corrected chi connectivity index (χ1v) is 9.05. The Balaban J connectivity index is 2.46. The Morgan fingerprint density at radius 3 is 2.00 bits per heavy atom. The van der Waals surface area contributed by atoms with Crippen molar-refractivity contribution in [3.05, 3.63) is 23.8 Å². The Kier molecular flexibility index (Phi) is 4.02. The predicted molar refractivity (Wildman–Crippen MR) is 84.6 cm³/mol. The predicted octanol–water partition coefficient (Wildman–Crippen LogP) is 1.95. The van der Waals surface area contributed by atoms with Crippen LogP contribution in [0.3, 0.4) is 0 Å². The lowest BCUT2D eigenvalue weighted by Crippen LogP contribution is -2.41. The van der Waals surface area contributed by atoms with Gasteiger partial charge in [0.1, 0.15) is 0 Å². The highest BCUT2D eigenvalue weighted by Crippen LogP contribution is 2.36. The fraction of sp³-hybridized carbons (Fsp3) is 0.600. The molecule has 116 valence electrons. The molecule has 2 rings (SSSR count). The van der Waals surface area contributed by atoms with Gasteiger partial charge in [-0.25, -0.2) is 8.42 Å².